The lowest BCUT2D eigenvalue weighted by Gasteiger charge is -2.11. The molecule has 0 radical (unpaired) electrons. The summed E-state index contributed by atoms with van der Waals surface area (Å²) in [6.45, 7) is 3.25. The fourth-order valence-corrected chi connectivity index (χ4v) is 2.70. The first-order valence-electron chi connectivity index (χ1n) is 9.56. The molecule has 0 aliphatic rings. The van der Waals surface area contributed by atoms with Gasteiger partial charge < -0.3 is 20.5 Å². The predicted molar refractivity (Wildman–Crippen MR) is 118 cm³/mol. The number of hydrogen-bond acceptors (Lipinski definition) is 6. The molecule has 0 unspecified atom stereocenters. The number of nitrogens with zero attached hydrogens (tertiary/aromatic N) is 2. The number of carbonyl (C=O) groups is 1. The molecule has 1 heterocycles. The van der Waals surface area contributed by atoms with Gasteiger partial charge in [0.15, 0.2) is 17.3 Å². The molecule has 0 saturated carbocycles. The molecule has 0 aliphatic carbocycles. The molecule has 3 aromatic rings. The second-order valence-electron chi connectivity index (χ2n) is 6.27. The summed E-state index contributed by atoms with van der Waals surface area (Å²) >= 11 is 0. The number of anilines is 1. The molecule has 0 bridgehead atoms. The number of H-pyrrole nitrogens is 1. The van der Waals surface area contributed by atoms with Crippen LogP contribution in [-0.4, -0.2) is 34.3 Å². The average molecular weight is 432 g/mol. The number of ether oxygens (including phenoxy) is 2. The summed E-state index contributed by atoms with van der Waals surface area (Å²) in [5.74, 6) is 2.54. The van der Waals surface area contributed by atoms with Gasteiger partial charge in [-0.25, -0.2) is 4.98 Å². The Kier molecular flexibility index (Phi) is 9.11. The molecule has 0 aliphatic heterocycles. The van der Waals surface area contributed by atoms with E-state index in [1.807, 2.05) is 55.5 Å². The summed E-state index contributed by atoms with van der Waals surface area (Å²) in [7, 11) is 0. The van der Waals surface area contributed by atoms with E-state index in [4.69, 9.17) is 15.2 Å². The molecule has 2 aromatic carbocycles. The van der Waals surface area contributed by atoms with Crippen molar-refractivity contribution in [2.75, 3.05) is 18.5 Å². The Morgan fingerprint density at radius 1 is 1.10 bits per heavy atom. The molecule has 0 spiro atoms. The van der Waals surface area contributed by atoms with Crippen molar-refractivity contribution in [1.82, 2.24) is 15.2 Å². The lowest BCUT2D eigenvalue weighted by molar-refractivity contribution is -0.116. The molecule has 0 fully saturated rings. The Bertz CT molecular complexity index is 930. The Balaban J connectivity index is 0.00000320. The number of hydrogen-bond donors (Lipinski definition) is 3. The van der Waals surface area contributed by atoms with Gasteiger partial charge >= 0.3 is 0 Å². The van der Waals surface area contributed by atoms with Crippen molar-refractivity contribution < 1.29 is 14.3 Å². The lowest BCUT2D eigenvalue weighted by Crippen LogP contribution is -2.12. The number of carbonyl (C=O) groups excluding carboxylic acids is 1. The van der Waals surface area contributed by atoms with Gasteiger partial charge in [-0.1, -0.05) is 12.1 Å². The summed E-state index contributed by atoms with van der Waals surface area (Å²) in [5.41, 5.74) is 7.09. The summed E-state index contributed by atoms with van der Waals surface area (Å²) in [5, 5.41) is 9.77. The zero-order valence-electron chi connectivity index (χ0n) is 16.8. The monoisotopic (exact) mass is 431 g/mol. The molecule has 3 rings (SSSR count). The van der Waals surface area contributed by atoms with E-state index in [1.54, 1.807) is 0 Å². The normalized spacial score (nSPS) is 10.2. The second-order valence-corrected chi connectivity index (χ2v) is 6.27. The minimum absolute atomic E-state index is 0. The summed E-state index contributed by atoms with van der Waals surface area (Å²) < 4.78 is 11.3. The number of aromatic nitrogens is 3. The molecule has 30 heavy (non-hydrogen) atoms. The van der Waals surface area contributed by atoms with Gasteiger partial charge in [-0.2, -0.15) is 5.10 Å². The lowest BCUT2D eigenvalue weighted by atomic mass is 10.2. The molecule has 8 nitrogen and oxygen atoms in total. The highest BCUT2D eigenvalue weighted by Gasteiger charge is 2.08. The number of halogens is 1. The topological polar surface area (TPSA) is 115 Å². The SMILES string of the molecule is CCOc1ccccc1OCCCC(=O)Nc1ccc(-c2n[nH]c(CN)n2)cc1.Cl. The van der Waals surface area contributed by atoms with Gasteiger partial charge in [0.25, 0.3) is 0 Å². The van der Waals surface area contributed by atoms with Gasteiger partial charge in [-0.15, -0.1) is 12.4 Å². The van der Waals surface area contributed by atoms with Crippen LogP contribution in [-0.2, 0) is 11.3 Å². The van der Waals surface area contributed by atoms with E-state index >= 15 is 0 Å². The Labute approximate surface area is 181 Å². The van der Waals surface area contributed by atoms with Gasteiger partial charge in [0, 0.05) is 17.7 Å². The third-order valence-electron chi connectivity index (χ3n) is 4.11. The number of benzene rings is 2. The van der Waals surface area contributed by atoms with Crippen LogP contribution < -0.4 is 20.5 Å². The minimum Gasteiger partial charge on any atom is -0.490 e. The maximum Gasteiger partial charge on any atom is 0.224 e. The number of para-hydroxylation sites is 2. The second kappa shape index (κ2) is 11.8. The van der Waals surface area contributed by atoms with E-state index in [2.05, 4.69) is 20.5 Å². The van der Waals surface area contributed by atoms with Gasteiger partial charge in [-0.05, 0) is 49.7 Å². The average Bonchev–Trinajstić information content (AvgIpc) is 3.22. The fourth-order valence-electron chi connectivity index (χ4n) is 2.70. The van der Waals surface area contributed by atoms with E-state index in [0.717, 1.165) is 11.3 Å². The largest absolute Gasteiger partial charge is 0.490 e. The van der Waals surface area contributed by atoms with Crippen LogP contribution in [0.4, 0.5) is 5.69 Å². The molecule has 4 N–H and O–H groups in total. The fraction of sp³-hybridized carbons (Fsp3) is 0.286. The molecule has 160 valence electrons. The maximum absolute atomic E-state index is 12.2. The zero-order chi connectivity index (χ0) is 20.5. The highest BCUT2D eigenvalue weighted by molar-refractivity contribution is 5.90. The third kappa shape index (κ3) is 6.47. The molecule has 0 atom stereocenters. The van der Waals surface area contributed by atoms with Gasteiger partial charge in [0.2, 0.25) is 5.91 Å². The van der Waals surface area contributed by atoms with Gasteiger partial charge in [0.05, 0.1) is 19.8 Å². The summed E-state index contributed by atoms with van der Waals surface area (Å²) in [6, 6.07) is 14.9. The van der Waals surface area contributed by atoms with Crippen molar-refractivity contribution in [2.45, 2.75) is 26.3 Å². The van der Waals surface area contributed by atoms with Crippen LogP contribution in [0, 0.1) is 0 Å². The Hall–Kier alpha value is -3.10. The first-order chi connectivity index (χ1) is 14.2. The molecular formula is C21H26ClN5O3. The van der Waals surface area contributed by atoms with Crippen molar-refractivity contribution in [3.8, 4) is 22.9 Å². The van der Waals surface area contributed by atoms with Crippen LogP contribution in [0.15, 0.2) is 48.5 Å². The highest BCUT2D eigenvalue weighted by atomic mass is 35.5. The highest BCUT2D eigenvalue weighted by Crippen LogP contribution is 2.26. The van der Waals surface area contributed by atoms with Crippen LogP contribution in [0.5, 0.6) is 11.5 Å². The Morgan fingerprint density at radius 3 is 2.43 bits per heavy atom. The number of rotatable bonds is 10. The maximum atomic E-state index is 12.2. The van der Waals surface area contributed by atoms with Crippen molar-refractivity contribution >= 4 is 24.0 Å². The van der Waals surface area contributed by atoms with Gasteiger partial charge in [-0.3, -0.25) is 9.89 Å². The number of nitrogens with one attached hydrogen (secondary N) is 2. The van der Waals surface area contributed by atoms with Crippen molar-refractivity contribution in [2.24, 2.45) is 5.73 Å². The van der Waals surface area contributed by atoms with Crippen LogP contribution in [0.2, 0.25) is 0 Å². The van der Waals surface area contributed by atoms with Crippen LogP contribution >= 0.6 is 12.4 Å². The van der Waals surface area contributed by atoms with E-state index in [0.29, 0.717) is 55.7 Å². The smallest absolute Gasteiger partial charge is 0.224 e. The van der Waals surface area contributed by atoms with E-state index < -0.39 is 0 Å². The molecule has 9 heteroatoms. The predicted octanol–water partition coefficient (Wildman–Crippen LogP) is 3.55. The van der Waals surface area contributed by atoms with Crippen LogP contribution in [0.25, 0.3) is 11.4 Å². The van der Waals surface area contributed by atoms with Crippen LogP contribution in [0.3, 0.4) is 0 Å². The molecule has 1 aromatic heterocycles. The van der Waals surface area contributed by atoms with Crippen molar-refractivity contribution in [3.63, 3.8) is 0 Å². The Morgan fingerprint density at radius 2 is 1.80 bits per heavy atom. The van der Waals surface area contributed by atoms with E-state index in [1.165, 1.54) is 0 Å². The standard InChI is InChI=1S/C21H25N5O3.ClH/c1-2-28-17-6-3-4-7-18(17)29-13-5-8-20(27)23-16-11-9-15(10-12-16)21-24-19(14-22)25-26-21;/h3-4,6-7,9-12H,2,5,8,13-14,22H2,1H3,(H,23,27)(H,24,25,26);1H. The van der Waals surface area contributed by atoms with Gasteiger partial charge in [0.1, 0.15) is 5.82 Å². The quantitative estimate of drug-likeness (QED) is 0.423. The van der Waals surface area contributed by atoms with Crippen LogP contribution in [0.1, 0.15) is 25.6 Å². The molecular weight excluding hydrogens is 406 g/mol. The number of nitrogens with two attached hydrogens (primary N) is 1. The van der Waals surface area contributed by atoms with E-state index in [-0.39, 0.29) is 18.3 Å². The molecule has 0 saturated heterocycles. The molecule has 1 amide bonds. The summed E-state index contributed by atoms with van der Waals surface area (Å²) in [4.78, 5) is 16.4. The first kappa shape index (κ1) is 23.2. The zero-order valence-corrected chi connectivity index (χ0v) is 17.6. The summed E-state index contributed by atoms with van der Waals surface area (Å²) in [6.07, 6.45) is 0.961. The third-order valence-corrected chi connectivity index (χ3v) is 4.11. The van der Waals surface area contributed by atoms with Crippen molar-refractivity contribution in [3.05, 3.63) is 54.4 Å². The first-order valence-corrected chi connectivity index (χ1v) is 9.56. The number of amides is 1. The number of aromatic amines is 1. The minimum atomic E-state index is -0.0669. The van der Waals surface area contributed by atoms with Crippen molar-refractivity contribution in [1.29, 1.82) is 0 Å². The van der Waals surface area contributed by atoms with E-state index in [9.17, 15) is 4.79 Å².